The van der Waals surface area contributed by atoms with E-state index in [2.05, 4.69) is 56.4 Å². The van der Waals surface area contributed by atoms with Gasteiger partial charge in [0.25, 0.3) is 0 Å². The van der Waals surface area contributed by atoms with Gasteiger partial charge in [0.05, 0.1) is 18.0 Å². The van der Waals surface area contributed by atoms with Gasteiger partial charge in [-0.05, 0) is 18.4 Å². The maximum absolute atomic E-state index is 4.32. The first kappa shape index (κ1) is 17.8. The first-order valence-corrected chi connectivity index (χ1v) is 7.52. The van der Waals surface area contributed by atoms with Crippen LogP contribution in [0.1, 0.15) is 38.8 Å². The lowest BCUT2D eigenvalue weighted by Gasteiger charge is -2.20. The highest BCUT2D eigenvalue weighted by molar-refractivity contribution is 6.07. The molecular weight excluding hydrogens is 270 g/mol. The Hall–Kier alpha value is -2.29. The molecule has 0 radical (unpaired) electrons. The molecule has 1 heterocycles. The summed E-state index contributed by atoms with van der Waals surface area (Å²) in [4.78, 5) is 0. The van der Waals surface area contributed by atoms with Gasteiger partial charge in [-0.25, -0.2) is 0 Å². The van der Waals surface area contributed by atoms with Gasteiger partial charge in [0.15, 0.2) is 0 Å². The summed E-state index contributed by atoms with van der Waals surface area (Å²) < 4.78 is 0. The van der Waals surface area contributed by atoms with Crippen LogP contribution < -0.4 is 10.7 Å². The van der Waals surface area contributed by atoms with E-state index in [1.54, 1.807) is 0 Å². The standard InChI is InChI=1S/C15H17N3.C4H10/c1-10(2)11(3)16-9-15-14-8-6-5-7-13(14)12(4)17-18-15;1-4(2)3/h5-8,16-17H,1,3-4,9H2,2H3;4H,1-3H3. The molecule has 22 heavy (non-hydrogen) atoms. The smallest absolute Gasteiger partial charge is 0.0876 e. The van der Waals surface area contributed by atoms with E-state index in [1.807, 2.05) is 31.2 Å². The highest BCUT2D eigenvalue weighted by Crippen LogP contribution is 2.20. The minimum atomic E-state index is 0.614. The minimum Gasteiger partial charge on any atom is -0.380 e. The van der Waals surface area contributed by atoms with Crippen molar-refractivity contribution < 1.29 is 0 Å². The summed E-state index contributed by atoms with van der Waals surface area (Å²) in [5, 5.41) is 7.53. The van der Waals surface area contributed by atoms with Gasteiger partial charge in [0, 0.05) is 16.8 Å². The summed E-state index contributed by atoms with van der Waals surface area (Å²) in [6.45, 7) is 20.7. The first-order valence-electron chi connectivity index (χ1n) is 7.52. The molecule has 0 bridgehead atoms. The van der Waals surface area contributed by atoms with Crippen LogP contribution in [-0.4, -0.2) is 12.3 Å². The van der Waals surface area contributed by atoms with Gasteiger partial charge in [0.2, 0.25) is 0 Å². The average molecular weight is 297 g/mol. The molecule has 2 N–H and O–H groups in total. The zero-order chi connectivity index (χ0) is 16.7. The predicted octanol–water partition coefficient (Wildman–Crippen LogP) is 4.31. The van der Waals surface area contributed by atoms with Crippen LogP contribution in [0.4, 0.5) is 0 Å². The summed E-state index contributed by atoms with van der Waals surface area (Å²) in [7, 11) is 0. The minimum absolute atomic E-state index is 0.614. The molecule has 0 aromatic heterocycles. The van der Waals surface area contributed by atoms with Crippen molar-refractivity contribution in [1.29, 1.82) is 0 Å². The number of nitrogens with zero attached hydrogens (tertiary/aromatic N) is 1. The number of nitrogens with one attached hydrogen (secondary N) is 2. The molecule has 0 atom stereocenters. The normalized spacial score (nSPS) is 12.4. The molecule has 1 aliphatic rings. The second-order valence-electron chi connectivity index (χ2n) is 6.04. The second-order valence-corrected chi connectivity index (χ2v) is 6.04. The summed E-state index contributed by atoms with van der Waals surface area (Å²) in [5.41, 5.74) is 8.66. The maximum atomic E-state index is 4.32. The molecule has 0 saturated heterocycles. The average Bonchev–Trinajstić information content (AvgIpc) is 2.46. The van der Waals surface area contributed by atoms with Gasteiger partial charge in [-0.15, -0.1) is 0 Å². The Balaban J connectivity index is 0.000000541. The van der Waals surface area contributed by atoms with Crippen molar-refractivity contribution in [3.05, 3.63) is 66.4 Å². The van der Waals surface area contributed by atoms with Gasteiger partial charge < -0.3 is 5.32 Å². The van der Waals surface area contributed by atoms with Gasteiger partial charge in [-0.1, -0.05) is 64.8 Å². The third-order valence-electron chi connectivity index (χ3n) is 2.87. The quantitative estimate of drug-likeness (QED) is 0.813. The summed E-state index contributed by atoms with van der Waals surface area (Å²) in [6.07, 6.45) is 0. The molecule has 2 rings (SSSR count). The van der Waals surface area contributed by atoms with Crippen LogP contribution in [0.25, 0.3) is 5.70 Å². The molecule has 1 aliphatic heterocycles. The topological polar surface area (TPSA) is 36.4 Å². The molecule has 0 saturated carbocycles. The van der Waals surface area contributed by atoms with Gasteiger partial charge in [-0.3, -0.25) is 5.43 Å². The van der Waals surface area contributed by atoms with E-state index in [4.69, 9.17) is 0 Å². The zero-order valence-electron chi connectivity index (χ0n) is 14.2. The molecule has 0 fully saturated rings. The molecule has 1 aromatic rings. The molecule has 118 valence electrons. The Labute approximate surface area is 134 Å². The predicted molar refractivity (Wildman–Crippen MR) is 97.6 cm³/mol. The summed E-state index contributed by atoms with van der Waals surface area (Å²) in [6, 6.07) is 8.08. The van der Waals surface area contributed by atoms with Crippen LogP contribution in [0.15, 0.2) is 60.4 Å². The van der Waals surface area contributed by atoms with E-state index in [0.717, 1.165) is 39.7 Å². The number of rotatable bonds is 4. The van der Waals surface area contributed by atoms with Crippen LogP contribution in [0, 0.1) is 5.92 Å². The van der Waals surface area contributed by atoms with Crippen LogP contribution in [-0.2, 0) is 0 Å². The highest BCUT2D eigenvalue weighted by atomic mass is 15.3. The van der Waals surface area contributed by atoms with E-state index in [9.17, 15) is 0 Å². The third kappa shape index (κ3) is 5.24. The molecule has 3 heteroatoms. The zero-order valence-corrected chi connectivity index (χ0v) is 14.2. The number of hydrogen-bond donors (Lipinski definition) is 2. The van der Waals surface area contributed by atoms with Crippen molar-refractivity contribution in [3.8, 4) is 0 Å². The first-order chi connectivity index (χ1) is 10.3. The molecule has 3 nitrogen and oxygen atoms in total. The molecule has 1 aromatic carbocycles. The Morgan fingerprint density at radius 1 is 1.18 bits per heavy atom. The van der Waals surface area contributed by atoms with Crippen LogP contribution in [0.2, 0.25) is 0 Å². The number of benzene rings is 1. The molecule has 0 spiro atoms. The van der Waals surface area contributed by atoms with Crippen LogP contribution in [0.3, 0.4) is 0 Å². The number of allylic oxidation sites excluding steroid dienone is 1. The fraction of sp³-hybridized carbons (Fsp3) is 0.316. The lowest BCUT2D eigenvalue weighted by Crippen LogP contribution is -2.28. The highest BCUT2D eigenvalue weighted by Gasteiger charge is 2.15. The summed E-state index contributed by atoms with van der Waals surface area (Å²) >= 11 is 0. The van der Waals surface area contributed by atoms with Crippen LogP contribution in [0.5, 0.6) is 0 Å². The van der Waals surface area contributed by atoms with Gasteiger partial charge >= 0.3 is 0 Å². The van der Waals surface area contributed by atoms with E-state index in [0.29, 0.717) is 6.54 Å². The van der Waals surface area contributed by atoms with E-state index in [-0.39, 0.29) is 0 Å². The SMILES string of the molecule is C=C(C)C(=C)NCC1=NNC(=C)c2ccccc21.CC(C)C. The number of fused-ring (bicyclic) bond motifs is 1. The molecular formula is C19H27N3. The van der Waals surface area contributed by atoms with Crippen molar-refractivity contribution in [2.75, 3.05) is 6.54 Å². The van der Waals surface area contributed by atoms with E-state index < -0.39 is 0 Å². The van der Waals surface area contributed by atoms with Crippen molar-refractivity contribution in [3.63, 3.8) is 0 Å². The fourth-order valence-electron chi connectivity index (χ4n) is 1.73. The molecule has 0 unspecified atom stereocenters. The van der Waals surface area contributed by atoms with Crippen molar-refractivity contribution >= 4 is 11.4 Å². The van der Waals surface area contributed by atoms with E-state index >= 15 is 0 Å². The lowest BCUT2D eigenvalue weighted by atomic mass is 9.99. The van der Waals surface area contributed by atoms with Gasteiger partial charge in [-0.2, -0.15) is 5.10 Å². The largest absolute Gasteiger partial charge is 0.380 e. The number of hydrogen-bond acceptors (Lipinski definition) is 3. The lowest BCUT2D eigenvalue weighted by molar-refractivity contribution is 0.737. The van der Waals surface area contributed by atoms with Crippen molar-refractivity contribution in [2.45, 2.75) is 27.7 Å². The summed E-state index contributed by atoms with van der Waals surface area (Å²) in [5.74, 6) is 0.833. The third-order valence-corrected chi connectivity index (χ3v) is 2.87. The Morgan fingerprint density at radius 3 is 2.27 bits per heavy atom. The van der Waals surface area contributed by atoms with Crippen LogP contribution >= 0.6 is 0 Å². The van der Waals surface area contributed by atoms with E-state index in [1.165, 1.54) is 0 Å². The monoisotopic (exact) mass is 297 g/mol. The fourth-order valence-corrected chi connectivity index (χ4v) is 1.73. The Bertz CT molecular complexity index is 592. The Kier molecular flexibility index (Phi) is 6.64. The van der Waals surface area contributed by atoms with Crippen molar-refractivity contribution in [1.82, 2.24) is 10.7 Å². The number of hydrazone groups is 1. The Morgan fingerprint density at radius 2 is 1.73 bits per heavy atom. The molecule has 0 aliphatic carbocycles. The van der Waals surface area contributed by atoms with Gasteiger partial charge in [0.1, 0.15) is 0 Å². The van der Waals surface area contributed by atoms with Crippen molar-refractivity contribution in [2.24, 2.45) is 11.0 Å². The second kappa shape index (κ2) is 8.23. The molecule has 0 amide bonds. The maximum Gasteiger partial charge on any atom is 0.0876 e.